The molecular weight excluding hydrogens is 216 g/mol. The maximum atomic E-state index is 11.5. The second kappa shape index (κ2) is 5.13. The number of hydrogen-bond donors (Lipinski definition) is 4. The summed E-state index contributed by atoms with van der Waals surface area (Å²) in [4.78, 5) is 23.4. The fourth-order valence-corrected chi connectivity index (χ4v) is 1.51. The van der Waals surface area contributed by atoms with Gasteiger partial charge in [-0.2, -0.15) is 0 Å². The highest BCUT2D eigenvalue weighted by Crippen LogP contribution is 2.10. The quantitative estimate of drug-likeness (QED) is 0.478. The van der Waals surface area contributed by atoms with Crippen molar-refractivity contribution >= 4 is 12.0 Å². The summed E-state index contributed by atoms with van der Waals surface area (Å²) in [7, 11) is 0. The maximum absolute atomic E-state index is 11.5. The minimum Gasteiger partial charge on any atom is -0.480 e. The molecule has 1 fully saturated rings. The molecular formula is C9H16N2O5. The molecule has 1 aliphatic heterocycles. The first-order chi connectivity index (χ1) is 7.45. The topological polar surface area (TPSA) is 110 Å². The fourth-order valence-electron chi connectivity index (χ4n) is 1.51. The van der Waals surface area contributed by atoms with E-state index in [1.54, 1.807) is 6.92 Å². The van der Waals surface area contributed by atoms with Gasteiger partial charge < -0.3 is 25.5 Å². The van der Waals surface area contributed by atoms with Crippen molar-refractivity contribution < 1.29 is 24.9 Å². The number of likely N-dealkylation sites (tertiary alicyclic amines) is 1. The van der Waals surface area contributed by atoms with Crippen LogP contribution in [0.25, 0.3) is 0 Å². The van der Waals surface area contributed by atoms with Gasteiger partial charge in [-0.1, -0.05) is 6.92 Å². The molecule has 0 aromatic heterocycles. The number of urea groups is 1. The Morgan fingerprint density at radius 1 is 1.38 bits per heavy atom. The van der Waals surface area contributed by atoms with E-state index in [4.69, 9.17) is 5.11 Å². The van der Waals surface area contributed by atoms with Gasteiger partial charge >= 0.3 is 12.0 Å². The van der Waals surface area contributed by atoms with Crippen LogP contribution in [0, 0.1) is 0 Å². The highest BCUT2D eigenvalue weighted by atomic mass is 16.4. The van der Waals surface area contributed by atoms with Gasteiger partial charge in [0.2, 0.25) is 0 Å². The molecule has 0 bridgehead atoms. The summed E-state index contributed by atoms with van der Waals surface area (Å²) >= 11 is 0. The number of amides is 2. The van der Waals surface area contributed by atoms with Crippen LogP contribution >= 0.6 is 0 Å². The molecule has 92 valence electrons. The van der Waals surface area contributed by atoms with Gasteiger partial charge in [0.15, 0.2) is 0 Å². The van der Waals surface area contributed by atoms with Crippen molar-refractivity contribution in [3.05, 3.63) is 0 Å². The molecule has 7 heteroatoms. The van der Waals surface area contributed by atoms with E-state index < -0.39 is 30.3 Å². The molecule has 1 aliphatic rings. The normalized spacial score (nSPS) is 26.6. The predicted molar refractivity (Wildman–Crippen MR) is 53.8 cm³/mol. The summed E-state index contributed by atoms with van der Waals surface area (Å²) in [6, 6.07) is -1.52. The standard InChI is InChI=1S/C9H16N2O5/c1-2-5(8(14)15)10-9(16)11-3-6(12)7(13)4-11/h5-7,12-13H,2-4H2,1H3,(H,10,16)(H,14,15)/t5-,6?,7?/m1/s1. The smallest absolute Gasteiger partial charge is 0.326 e. The molecule has 0 spiro atoms. The molecule has 1 saturated heterocycles. The minimum absolute atomic E-state index is 0.0169. The first-order valence-electron chi connectivity index (χ1n) is 5.10. The van der Waals surface area contributed by atoms with Crippen LogP contribution < -0.4 is 5.32 Å². The van der Waals surface area contributed by atoms with Gasteiger partial charge in [0.05, 0.1) is 25.3 Å². The molecule has 2 amide bonds. The zero-order valence-electron chi connectivity index (χ0n) is 8.96. The number of nitrogens with zero attached hydrogens (tertiary/aromatic N) is 1. The lowest BCUT2D eigenvalue weighted by Crippen LogP contribution is -2.47. The summed E-state index contributed by atoms with van der Waals surface area (Å²) in [5.74, 6) is -1.10. The zero-order valence-corrected chi connectivity index (χ0v) is 8.96. The highest BCUT2D eigenvalue weighted by molar-refractivity contribution is 5.82. The van der Waals surface area contributed by atoms with Crippen molar-refractivity contribution in [2.75, 3.05) is 13.1 Å². The number of carbonyl (C=O) groups excluding carboxylic acids is 1. The second-order valence-corrected chi connectivity index (χ2v) is 3.79. The van der Waals surface area contributed by atoms with Gasteiger partial charge in [-0.3, -0.25) is 0 Å². The summed E-state index contributed by atoms with van der Waals surface area (Å²) < 4.78 is 0. The Morgan fingerprint density at radius 2 is 1.88 bits per heavy atom. The van der Waals surface area contributed by atoms with Gasteiger partial charge in [-0.05, 0) is 6.42 Å². The van der Waals surface area contributed by atoms with Crippen LogP contribution in [0.2, 0.25) is 0 Å². The maximum Gasteiger partial charge on any atom is 0.326 e. The molecule has 2 unspecified atom stereocenters. The van der Waals surface area contributed by atoms with E-state index in [1.807, 2.05) is 0 Å². The molecule has 1 rings (SSSR count). The van der Waals surface area contributed by atoms with E-state index in [0.717, 1.165) is 0 Å². The third-order valence-corrected chi connectivity index (χ3v) is 2.55. The molecule has 3 atom stereocenters. The second-order valence-electron chi connectivity index (χ2n) is 3.79. The van der Waals surface area contributed by atoms with Crippen LogP contribution in [-0.2, 0) is 4.79 Å². The Hall–Kier alpha value is -1.34. The van der Waals surface area contributed by atoms with E-state index >= 15 is 0 Å². The van der Waals surface area contributed by atoms with Crippen LogP contribution in [0.5, 0.6) is 0 Å². The molecule has 0 saturated carbocycles. The highest BCUT2D eigenvalue weighted by Gasteiger charge is 2.33. The van der Waals surface area contributed by atoms with Gasteiger partial charge in [0, 0.05) is 0 Å². The van der Waals surface area contributed by atoms with Gasteiger partial charge in [-0.15, -0.1) is 0 Å². The summed E-state index contributed by atoms with van der Waals surface area (Å²) in [5, 5.41) is 29.5. The number of carboxylic acids is 1. The zero-order chi connectivity index (χ0) is 12.3. The molecule has 0 aromatic carbocycles. The van der Waals surface area contributed by atoms with Crippen molar-refractivity contribution in [3.8, 4) is 0 Å². The van der Waals surface area contributed by atoms with E-state index in [0.29, 0.717) is 0 Å². The molecule has 7 nitrogen and oxygen atoms in total. The van der Waals surface area contributed by atoms with Crippen molar-refractivity contribution in [1.29, 1.82) is 0 Å². The first kappa shape index (κ1) is 12.7. The number of carboxylic acid groups (broad SMARTS) is 1. The largest absolute Gasteiger partial charge is 0.480 e. The Morgan fingerprint density at radius 3 is 2.25 bits per heavy atom. The van der Waals surface area contributed by atoms with Crippen LogP contribution in [0.15, 0.2) is 0 Å². The van der Waals surface area contributed by atoms with Gasteiger partial charge in [0.1, 0.15) is 6.04 Å². The Kier molecular flexibility index (Phi) is 4.08. The van der Waals surface area contributed by atoms with Crippen molar-refractivity contribution in [3.63, 3.8) is 0 Å². The minimum atomic E-state index is -1.10. The van der Waals surface area contributed by atoms with E-state index in [1.165, 1.54) is 4.90 Å². The molecule has 0 aromatic rings. The average molecular weight is 232 g/mol. The number of nitrogens with one attached hydrogen (secondary N) is 1. The lowest BCUT2D eigenvalue weighted by atomic mass is 10.2. The van der Waals surface area contributed by atoms with Gasteiger partial charge in [-0.25, -0.2) is 9.59 Å². The summed E-state index contributed by atoms with van der Waals surface area (Å²) in [6.07, 6.45) is -1.65. The van der Waals surface area contributed by atoms with Crippen LogP contribution in [-0.4, -0.2) is 63.6 Å². The van der Waals surface area contributed by atoms with Crippen LogP contribution in [0.4, 0.5) is 4.79 Å². The third-order valence-electron chi connectivity index (χ3n) is 2.55. The Bertz CT molecular complexity index is 273. The number of β-amino-alcohol motifs (C(OH)–C–C–N with tert-alkyl or cyclic N) is 2. The van der Waals surface area contributed by atoms with Crippen molar-refractivity contribution in [2.45, 2.75) is 31.6 Å². The van der Waals surface area contributed by atoms with Gasteiger partial charge in [0.25, 0.3) is 0 Å². The van der Waals surface area contributed by atoms with Crippen LogP contribution in [0.1, 0.15) is 13.3 Å². The van der Waals surface area contributed by atoms with Crippen molar-refractivity contribution in [2.24, 2.45) is 0 Å². The SMILES string of the molecule is CC[C@@H](NC(=O)N1CC(O)C(O)C1)C(=O)O. The summed E-state index contributed by atoms with van der Waals surface area (Å²) in [5.41, 5.74) is 0. The van der Waals surface area contributed by atoms with Crippen LogP contribution in [0.3, 0.4) is 0 Å². The van der Waals surface area contributed by atoms with E-state index in [9.17, 15) is 19.8 Å². The fraction of sp³-hybridized carbons (Fsp3) is 0.778. The molecule has 0 aliphatic carbocycles. The molecule has 1 heterocycles. The van der Waals surface area contributed by atoms with E-state index in [-0.39, 0.29) is 19.5 Å². The predicted octanol–water partition coefficient (Wildman–Crippen LogP) is -1.40. The number of rotatable bonds is 3. The summed E-state index contributed by atoms with van der Waals surface area (Å²) in [6.45, 7) is 1.68. The monoisotopic (exact) mass is 232 g/mol. The number of carbonyl (C=O) groups is 2. The Balaban J connectivity index is 2.50. The lowest BCUT2D eigenvalue weighted by Gasteiger charge is -2.19. The molecule has 4 N–H and O–H groups in total. The lowest BCUT2D eigenvalue weighted by molar-refractivity contribution is -0.139. The van der Waals surface area contributed by atoms with Crippen molar-refractivity contribution in [1.82, 2.24) is 10.2 Å². The molecule has 16 heavy (non-hydrogen) atoms. The first-order valence-corrected chi connectivity index (χ1v) is 5.10. The van der Waals surface area contributed by atoms with E-state index in [2.05, 4.69) is 5.32 Å². The Labute approximate surface area is 92.7 Å². The average Bonchev–Trinajstić information content (AvgIpc) is 2.55. The number of aliphatic hydroxyl groups is 2. The third kappa shape index (κ3) is 2.83. The number of hydrogen-bond acceptors (Lipinski definition) is 4. The molecule has 0 radical (unpaired) electrons. The number of aliphatic hydroxyl groups excluding tert-OH is 2. The number of aliphatic carboxylic acids is 1.